The zero-order valence-electron chi connectivity index (χ0n) is 6.56. The molecule has 4 nitrogen and oxygen atoms in total. The Hall–Kier alpha value is -1.71. The molecule has 0 spiro atoms. The molecule has 0 aliphatic rings. The average Bonchev–Trinajstić information content (AvgIpc) is 2.07. The number of aromatic hydroxyl groups is 2. The number of benzene rings is 1. The average molecular weight is 167 g/mol. The van der Waals surface area contributed by atoms with Gasteiger partial charge >= 0.3 is 0 Å². The van der Waals surface area contributed by atoms with Gasteiger partial charge < -0.3 is 15.1 Å². The zero-order valence-corrected chi connectivity index (χ0v) is 6.56. The monoisotopic (exact) mass is 167 g/mol. The standard InChI is InChI=1S/C8H9NO3/c1-12-9-5-6-2-3-7(10)8(11)4-6/h2-5,10-11H,1H3/b9-5+. The van der Waals surface area contributed by atoms with E-state index in [9.17, 15) is 0 Å². The van der Waals surface area contributed by atoms with Gasteiger partial charge in [0.15, 0.2) is 11.5 Å². The Kier molecular flexibility index (Phi) is 2.53. The summed E-state index contributed by atoms with van der Waals surface area (Å²) in [4.78, 5) is 4.44. The lowest BCUT2D eigenvalue weighted by Gasteiger charge is -1.97. The van der Waals surface area contributed by atoms with E-state index in [0.29, 0.717) is 5.56 Å². The molecule has 2 N–H and O–H groups in total. The van der Waals surface area contributed by atoms with Gasteiger partial charge in [-0.05, 0) is 23.8 Å². The molecule has 0 unspecified atom stereocenters. The maximum atomic E-state index is 9.05. The van der Waals surface area contributed by atoms with Crippen molar-refractivity contribution >= 4 is 6.21 Å². The van der Waals surface area contributed by atoms with E-state index in [1.165, 1.54) is 25.5 Å². The van der Waals surface area contributed by atoms with Crippen LogP contribution in [0.4, 0.5) is 0 Å². The van der Waals surface area contributed by atoms with E-state index >= 15 is 0 Å². The van der Waals surface area contributed by atoms with Crippen LogP contribution in [0.15, 0.2) is 23.4 Å². The third kappa shape index (κ3) is 1.88. The second-order valence-electron chi connectivity index (χ2n) is 2.17. The maximum absolute atomic E-state index is 9.05. The highest BCUT2D eigenvalue weighted by atomic mass is 16.6. The molecule has 0 aliphatic carbocycles. The Morgan fingerprint density at radius 3 is 2.67 bits per heavy atom. The molecule has 0 aliphatic heterocycles. The molecular weight excluding hydrogens is 158 g/mol. The lowest BCUT2D eigenvalue weighted by molar-refractivity contribution is 0.215. The van der Waals surface area contributed by atoms with Crippen LogP contribution in [0, 0.1) is 0 Å². The van der Waals surface area contributed by atoms with Gasteiger partial charge in [0.05, 0.1) is 6.21 Å². The number of rotatable bonds is 2. The summed E-state index contributed by atoms with van der Waals surface area (Å²) < 4.78 is 0. The van der Waals surface area contributed by atoms with Crippen molar-refractivity contribution in [3.63, 3.8) is 0 Å². The topological polar surface area (TPSA) is 62.0 Å². The molecule has 1 rings (SSSR count). The van der Waals surface area contributed by atoms with Gasteiger partial charge in [-0.3, -0.25) is 0 Å². The van der Waals surface area contributed by atoms with Crippen LogP contribution in [0.1, 0.15) is 5.56 Å². The highest BCUT2D eigenvalue weighted by Crippen LogP contribution is 2.23. The molecule has 4 heteroatoms. The van der Waals surface area contributed by atoms with Gasteiger partial charge in [-0.25, -0.2) is 0 Å². The summed E-state index contributed by atoms with van der Waals surface area (Å²) in [6.45, 7) is 0. The number of phenolic OH excluding ortho intramolecular Hbond substituents is 2. The van der Waals surface area contributed by atoms with Crippen molar-refractivity contribution in [2.45, 2.75) is 0 Å². The first kappa shape index (κ1) is 8.39. The van der Waals surface area contributed by atoms with Crippen molar-refractivity contribution in [3.8, 4) is 11.5 Å². The van der Waals surface area contributed by atoms with Gasteiger partial charge in [-0.15, -0.1) is 0 Å². The molecule has 0 bridgehead atoms. The van der Waals surface area contributed by atoms with Gasteiger partial charge in [0.2, 0.25) is 0 Å². The van der Waals surface area contributed by atoms with Crippen LogP contribution in [-0.2, 0) is 4.84 Å². The first-order chi connectivity index (χ1) is 5.74. The van der Waals surface area contributed by atoms with Crippen molar-refractivity contribution in [1.29, 1.82) is 0 Å². The smallest absolute Gasteiger partial charge is 0.158 e. The second kappa shape index (κ2) is 3.61. The van der Waals surface area contributed by atoms with E-state index in [0.717, 1.165) is 0 Å². The molecule has 0 aromatic heterocycles. The van der Waals surface area contributed by atoms with Crippen LogP contribution in [0.25, 0.3) is 0 Å². The molecule has 0 saturated carbocycles. The first-order valence-corrected chi connectivity index (χ1v) is 3.32. The Morgan fingerprint density at radius 2 is 2.08 bits per heavy atom. The van der Waals surface area contributed by atoms with E-state index in [1.54, 1.807) is 6.07 Å². The fourth-order valence-corrected chi connectivity index (χ4v) is 0.734. The third-order valence-corrected chi connectivity index (χ3v) is 1.31. The Balaban J connectivity index is 2.89. The second-order valence-corrected chi connectivity index (χ2v) is 2.17. The van der Waals surface area contributed by atoms with Gasteiger partial charge in [0, 0.05) is 0 Å². The quantitative estimate of drug-likeness (QED) is 0.393. The fraction of sp³-hybridized carbons (Fsp3) is 0.125. The van der Waals surface area contributed by atoms with Crippen LogP contribution in [-0.4, -0.2) is 23.5 Å². The van der Waals surface area contributed by atoms with Gasteiger partial charge in [0.25, 0.3) is 0 Å². The number of nitrogens with zero attached hydrogens (tertiary/aromatic N) is 1. The predicted molar refractivity (Wildman–Crippen MR) is 44.4 cm³/mol. The highest BCUT2D eigenvalue weighted by Gasteiger charge is 1.97. The van der Waals surface area contributed by atoms with Crippen LogP contribution in [0.3, 0.4) is 0 Å². The van der Waals surface area contributed by atoms with Gasteiger partial charge in [-0.1, -0.05) is 5.16 Å². The van der Waals surface area contributed by atoms with Crippen LogP contribution in [0.5, 0.6) is 11.5 Å². The predicted octanol–water partition coefficient (Wildman–Crippen LogP) is 1.08. The largest absolute Gasteiger partial charge is 0.504 e. The summed E-state index contributed by atoms with van der Waals surface area (Å²) in [5, 5.41) is 21.5. The number of hydrogen-bond donors (Lipinski definition) is 2. The first-order valence-electron chi connectivity index (χ1n) is 3.32. The molecular formula is C8H9NO3. The molecule has 0 atom stereocenters. The van der Waals surface area contributed by atoms with E-state index in [2.05, 4.69) is 9.99 Å². The summed E-state index contributed by atoms with van der Waals surface area (Å²) in [5.41, 5.74) is 0.659. The van der Waals surface area contributed by atoms with E-state index < -0.39 is 0 Å². The molecule has 64 valence electrons. The van der Waals surface area contributed by atoms with Crippen molar-refractivity contribution in [2.24, 2.45) is 5.16 Å². The van der Waals surface area contributed by atoms with Gasteiger partial charge in [0.1, 0.15) is 7.11 Å². The molecule has 1 aromatic carbocycles. The molecule has 1 aromatic rings. The highest BCUT2D eigenvalue weighted by molar-refractivity contribution is 5.80. The minimum atomic E-state index is -0.171. The van der Waals surface area contributed by atoms with Crippen molar-refractivity contribution < 1.29 is 15.1 Å². The van der Waals surface area contributed by atoms with Crippen LogP contribution < -0.4 is 0 Å². The molecule has 0 saturated heterocycles. The summed E-state index contributed by atoms with van der Waals surface area (Å²) in [7, 11) is 1.43. The SMILES string of the molecule is CO/N=C/c1ccc(O)c(O)c1. The van der Waals surface area contributed by atoms with Crippen molar-refractivity contribution in [2.75, 3.05) is 7.11 Å². The van der Waals surface area contributed by atoms with E-state index in [-0.39, 0.29) is 11.5 Å². The van der Waals surface area contributed by atoms with E-state index in [4.69, 9.17) is 10.2 Å². The van der Waals surface area contributed by atoms with Crippen molar-refractivity contribution in [3.05, 3.63) is 23.8 Å². The summed E-state index contributed by atoms with van der Waals surface area (Å²) in [6.07, 6.45) is 1.43. The molecule has 0 amide bonds. The molecule has 0 heterocycles. The minimum absolute atomic E-state index is 0.149. The van der Waals surface area contributed by atoms with E-state index in [1.807, 2.05) is 0 Å². The molecule has 12 heavy (non-hydrogen) atoms. The van der Waals surface area contributed by atoms with Gasteiger partial charge in [-0.2, -0.15) is 0 Å². The number of oxime groups is 1. The fourth-order valence-electron chi connectivity index (χ4n) is 0.734. The lowest BCUT2D eigenvalue weighted by atomic mass is 10.2. The summed E-state index contributed by atoms with van der Waals surface area (Å²) in [5.74, 6) is -0.320. The third-order valence-electron chi connectivity index (χ3n) is 1.31. The van der Waals surface area contributed by atoms with Crippen molar-refractivity contribution in [1.82, 2.24) is 0 Å². The number of phenols is 2. The normalized spacial score (nSPS) is 10.4. The summed E-state index contributed by atoms with van der Waals surface area (Å²) in [6, 6.07) is 4.38. The zero-order chi connectivity index (χ0) is 8.97. The Labute approximate surface area is 69.7 Å². The maximum Gasteiger partial charge on any atom is 0.158 e. The van der Waals surface area contributed by atoms with Crippen LogP contribution >= 0.6 is 0 Å². The Morgan fingerprint density at radius 1 is 1.33 bits per heavy atom. The minimum Gasteiger partial charge on any atom is -0.504 e. The number of hydrogen-bond acceptors (Lipinski definition) is 4. The molecule has 0 fully saturated rings. The Bertz CT molecular complexity index is 296. The summed E-state index contributed by atoms with van der Waals surface area (Å²) >= 11 is 0. The lowest BCUT2D eigenvalue weighted by Crippen LogP contribution is -1.81. The van der Waals surface area contributed by atoms with Crippen LogP contribution in [0.2, 0.25) is 0 Å². The molecule has 0 radical (unpaired) electrons.